The molecule has 0 fully saturated rings. The molecule has 0 spiro atoms. The van der Waals surface area contributed by atoms with Crippen LogP contribution in [0.15, 0.2) is 47.6 Å². The summed E-state index contributed by atoms with van der Waals surface area (Å²) in [4.78, 5) is 16.4. The fraction of sp³-hybridized carbons (Fsp3) is 0.312. The van der Waals surface area contributed by atoms with Crippen molar-refractivity contribution in [3.8, 4) is 0 Å². The molecule has 7 heteroatoms. The number of hydrogen-bond acceptors (Lipinski definition) is 3. The van der Waals surface area contributed by atoms with Crippen LogP contribution in [-0.4, -0.2) is 34.7 Å². The second-order valence-electron chi connectivity index (χ2n) is 4.91. The first-order valence-corrected chi connectivity index (χ1v) is 7.53. The van der Waals surface area contributed by atoms with Crippen LogP contribution in [0.2, 0.25) is 0 Å². The van der Waals surface area contributed by atoms with Crippen molar-refractivity contribution in [3.05, 3.63) is 48.3 Å². The van der Waals surface area contributed by atoms with Crippen LogP contribution in [0.4, 0.5) is 5.69 Å². The Labute approximate surface area is 135 Å². The Hall–Kier alpha value is -2.83. The smallest absolute Gasteiger partial charge is 0.243 e. The molecule has 7 nitrogen and oxygen atoms in total. The molecule has 0 radical (unpaired) electrons. The number of carbonyl (C=O) groups is 1. The van der Waals surface area contributed by atoms with E-state index >= 15 is 0 Å². The van der Waals surface area contributed by atoms with E-state index in [1.54, 1.807) is 10.9 Å². The van der Waals surface area contributed by atoms with Crippen LogP contribution in [0.3, 0.4) is 0 Å². The number of hydrogen-bond donors (Lipinski definition) is 3. The fourth-order valence-corrected chi connectivity index (χ4v) is 1.95. The van der Waals surface area contributed by atoms with E-state index in [4.69, 9.17) is 0 Å². The number of aryl methyl sites for hydroxylation is 1. The van der Waals surface area contributed by atoms with Gasteiger partial charge in [-0.15, -0.1) is 0 Å². The zero-order valence-electron chi connectivity index (χ0n) is 13.4. The molecule has 23 heavy (non-hydrogen) atoms. The maximum absolute atomic E-state index is 11.9. The molecule has 2 rings (SSSR count). The number of nitrogens with one attached hydrogen (secondary N) is 3. The minimum atomic E-state index is -0.123. The molecule has 0 aliphatic carbocycles. The van der Waals surface area contributed by atoms with Crippen LogP contribution < -0.4 is 16.0 Å². The zero-order chi connectivity index (χ0) is 16.5. The van der Waals surface area contributed by atoms with E-state index in [2.05, 4.69) is 26.0 Å². The van der Waals surface area contributed by atoms with Crippen LogP contribution >= 0.6 is 0 Å². The van der Waals surface area contributed by atoms with E-state index in [0.29, 0.717) is 12.5 Å². The summed E-state index contributed by atoms with van der Waals surface area (Å²) in [7, 11) is 1.87. The summed E-state index contributed by atoms with van der Waals surface area (Å²) >= 11 is 0. The van der Waals surface area contributed by atoms with Gasteiger partial charge in [-0.2, -0.15) is 5.10 Å². The summed E-state index contributed by atoms with van der Waals surface area (Å²) < 4.78 is 1.77. The van der Waals surface area contributed by atoms with Crippen LogP contribution in [0.1, 0.15) is 12.6 Å². The third-order valence-electron chi connectivity index (χ3n) is 3.14. The molecule has 0 unspecified atom stereocenters. The summed E-state index contributed by atoms with van der Waals surface area (Å²) in [5, 5.41) is 13.1. The predicted octanol–water partition coefficient (Wildman–Crippen LogP) is 1.11. The Kier molecular flexibility index (Phi) is 6.17. The maximum atomic E-state index is 11.9. The number of carbonyl (C=O) groups excluding carboxylic acids is 1. The van der Waals surface area contributed by atoms with Gasteiger partial charge in [0, 0.05) is 25.5 Å². The Balaban J connectivity index is 1.86. The van der Waals surface area contributed by atoms with Gasteiger partial charge in [0.05, 0.1) is 18.8 Å². The number of amides is 1. The summed E-state index contributed by atoms with van der Waals surface area (Å²) in [5.74, 6) is 0.472. The number of rotatable bonds is 6. The first-order chi connectivity index (χ1) is 11.2. The van der Waals surface area contributed by atoms with Gasteiger partial charge in [-0.3, -0.25) is 9.48 Å². The Morgan fingerprint density at radius 3 is 2.65 bits per heavy atom. The molecule has 2 aromatic rings. The van der Waals surface area contributed by atoms with Crippen LogP contribution in [0.5, 0.6) is 0 Å². The molecule has 0 atom stereocenters. The minimum absolute atomic E-state index is 0.123. The summed E-state index contributed by atoms with van der Waals surface area (Å²) in [5.41, 5.74) is 1.77. The van der Waals surface area contributed by atoms with E-state index in [1.165, 1.54) is 0 Å². The van der Waals surface area contributed by atoms with E-state index < -0.39 is 0 Å². The fourth-order valence-electron chi connectivity index (χ4n) is 1.95. The molecular weight excluding hydrogens is 292 g/mol. The normalized spacial score (nSPS) is 11.1. The molecule has 122 valence electrons. The number of guanidine groups is 1. The number of benzene rings is 1. The molecule has 1 amide bonds. The highest BCUT2D eigenvalue weighted by atomic mass is 16.1. The first-order valence-electron chi connectivity index (χ1n) is 7.53. The van der Waals surface area contributed by atoms with Gasteiger partial charge < -0.3 is 16.0 Å². The van der Waals surface area contributed by atoms with Crippen LogP contribution in [0.25, 0.3) is 0 Å². The second-order valence-corrected chi connectivity index (χ2v) is 4.91. The van der Waals surface area contributed by atoms with Gasteiger partial charge in [0.25, 0.3) is 0 Å². The van der Waals surface area contributed by atoms with Crippen LogP contribution in [0, 0.1) is 0 Å². The minimum Gasteiger partial charge on any atom is -0.357 e. The summed E-state index contributed by atoms with van der Waals surface area (Å²) in [6.07, 6.45) is 1.73. The lowest BCUT2D eigenvalue weighted by Gasteiger charge is -2.11. The van der Waals surface area contributed by atoms with Crippen LogP contribution in [-0.2, 0) is 18.4 Å². The van der Waals surface area contributed by atoms with Crippen molar-refractivity contribution in [1.82, 2.24) is 20.4 Å². The molecular formula is C16H22N6O. The van der Waals surface area contributed by atoms with E-state index in [9.17, 15) is 4.79 Å². The third kappa shape index (κ3) is 5.46. The molecule has 0 aliphatic rings. The maximum Gasteiger partial charge on any atom is 0.243 e. The topological polar surface area (TPSA) is 83.3 Å². The zero-order valence-corrected chi connectivity index (χ0v) is 13.4. The largest absolute Gasteiger partial charge is 0.357 e. The van der Waals surface area contributed by atoms with Gasteiger partial charge in [-0.25, -0.2) is 4.99 Å². The van der Waals surface area contributed by atoms with Gasteiger partial charge in [0.15, 0.2) is 5.96 Å². The molecule has 1 aromatic carbocycles. The third-order valence-corrected chi connectivity index (χ3v) is 3.14. The number of para-hydroxylation sites is 1. The van der Waals surface area contributed by atoms with E-state index in [0.717, 1.165) is 17.9 Å². The Bertz CT molecular complexity index is 650. The molecule has 1 heterocycles. The molecule has 0 saturated carbocycles. The van der Waals surface area contributed by atoms with Crippen molar-refractivity contribution in [3.63, 3.8) is 0 Å². The standard InChI is InChI=1S/C16H22N6O/c1-3-17-16(18-11-14-9-10-20-22(14)2)19-12-15(23)21-13-7-5-4-6-8-13/h4-10H,3,11-12H2,1-2H3,(H,21,23)(H2,17,18,19). The molecule has 1 aromatic heterocycles. The van der Waals surface area contributed by atoms with Crippen molar-refractivity contribution in [2.45, 2.75) is 13.5 Å². The lowest BCUT2D eigenvalue weighted by molar-refractivity contribution is -0.115. The van der Waals surface area contributed by atoms with E-state index in [-0.39, 0.29) is 12.5 Å². The van der Waals surface area contributed by atoms with Crippen molar-refractivity contribution in [2.24, 2.45) is 12.0 Å². The SMILES string of the molecule is CCNC(=NCc1ccnn1C)NCC(=O)Nc1ccccc1. The average molecular weight is 314 g/mol. The lowest BCUT2D eigenvalue weighted by Crippen LogP contribution is -2.41. The van der Waals surface area contributed by atoms with Crippen molar-refractivity contribution in [1.29, 1.82) is 0 Å². The van der Waals surface area contributed by atoms with Gasteiger partial charge in [-0.05, 0) is 25.1 Å². The highest BCUT2D eigenvalue weighted by Crippen LogP contribution is 2.04. The highest BCUT2D eigenvalue weighted by Gasteiger charge is 2.04. The quantitative estimate of drug-likeness (QED) is 0.551. The monoisotopic (exact) mass is 314 g/mol. The predicted molar refractivity (Wildman–Crippen MR) is 91.1 cm³/mol. The van der Waals surface area contributed by atoms with Crippen molar-refractivity contribution >= 4 is 17.6 Å². The molecule has 0 aliphatic heterocycles. The van der Waals surface area contributed by atoms with E-state index in [1.807, 2.05) is 50.4 Å². The lowest BCUT2D eigenvalue weighted by atomic mass is 10.3. The first kappa shape index (κ1) is 16.5. The average Bonchev–Trinajstić information content (AvgIpc) is 2.96. The highest BCUT2D eigenvalue weighted by molar-refractivity contribution is 5.94. The Morgan fingerprint density at radius 2 is 2.00 bits per heavy atom. The number of aromatic nitrogens is 2. The summed E-state index contributed by atoms with van der Waals surface area (Å²) in [6, 6.07) is 11.3. The van der Waals surface area contributed by atoms with Crippen molar-refractivity contribution < 1.29 is 4.79 Å². The molecule has 3 N–H and O–H groups in total. The van der Waals surface area contributed by atoms with Gasteiger partial charge in [0.1, 0.15) is 0 Å². The van der Waals surface area contributed by atoms with Gasteiger partial charge >= 0.3 is 0 Å². The van der Waals surface area contributed by atoms with Gasteiger partial charge in [-0.1, -0.05) is 18.2 Å². The number of nitrogens with zero attached hydrogens (tertiary/aromatic N) is 3. The number of aliphatic imine (C=N–C) groups is 1. The van der Waals surface area contributed by atoms with Gasteiger partial charge in [0.2, 0.25) is 5.91 Å². The Morgan fingerprint density at radius 1 is 1.22 bits per heavy atom. The van der Waals surface area contributed by atoms with Crippen molar-refractivity contribution in [2.75, 3.05) is 18.4 Å². The molecule has 0 saturated heterocycles. The molecule has 0 bridgehead atoms. The summed E-state index contributed by atoms with van der Waals surface area (Å²) in [6.45, 7) is 3.33. The second kappa shape index (κ2) is 8.57. The number of anilines is 1.